The maximum atomic E-state index is 12.6. The van der Waals surface area contributed by atoms with Crippen molar-refractivity contribution in [3.63, 3.8) is 0 Å². The largest absolute Gasteiger partial charge is 0.396 e. The monoisotopic (exact) mass is 801 g/mol. The van der Waals surface area contributed by atoms with Gasteiger partial charge < -0.3 is 89.5 Å². The number of hydrazine groups is 1. The van der Waals surface area contributed by atoms with Gasteiger partial charge in [-0.05, 0) is 33.1 Å². The van der Waals surface area contributed by atoms with Gasteiger partial charge in [-0.25, -0.2) is 5.84 Å². The van der Waals surface area contributed by atoms with Crippen LogP contribution in [-0.4, -0.2) is 199 Å². The van der Waals surface area contributed by atoms with Crippen LogP contribution >= 0.6 is 0 Å². The fraction of sp³-hybridized carbons (Fsp3) is 0.939. The van der Waals surface area contributed by atoms with E-state index >= 15 is 0 Å². The van der Waals surface area contributed by atoms with Crippen molar-refractivity contribution in [1.82, 2.24) is 10.7 Å². The van der Waals surface area contributed by atoms with E-state index in [1.807, 2.05) is 5.43 Å². The molecule has 4 aliphatic rings. The van der Waals surface area contributed by atoms with Gasteiger partial charge in [-0.2, -0.15) is 0 Å². The second-order valence-electron chi connectivity index (χ2n) is 14.6. The van der Waals surface area contributed by atoms with Gasteiger partial charge in [-0.15, -0.1) is 0 Å². The number of carbonyl (C=O) groups is 2. The fourth-order valence-corrected chi connectivity index (χ4v) is 7.25. The minimum absolute atomic E-state index is 0.121. The van der Waals surface area contributed by atoms with Gasteiger partial charge in [0, 0.05) is 32.5 Å². The number of hydrogen-bond acceptors (Lipinski definition) is 20. The topological polar surface area (TPSA) is 351 Å². The van der Waals surface area contributed by atoms with Crippen LogP contribution in [-0.2, 0) is 42.7 Å². The molecule has 0 radical (unpaired) electrons. The second-order valence-corrected chi connectivity index (χ2v) is 14.6. The van der Waals surface area contributed by atoms with E-state index in [1.165, 1.54) is 20.8 Å². The number of nitrogens with two attached hydrogens (primary N) is 1. The molecule has 0 aromatic rings. The predicted molar refractivity (Wildman–Crippen MR) is 180 cm³/mol. The molecule has 3 heterocycles. The molecule has 2 amide bonds. The number of nitrogens with one attached hydrogen (secondary N) is 2. The minimum atomic E-state index is -1.90. The van der Waals surface area contributed by atoms with Crippen LogP contribution in [0.25, 0.3) is 0 Å². The Bertz CT molecular complexity index is 1210. The molecule has 4 fully saturated rings. The molecule has 22 heteroatoms. The SMILES string of the molecule is CC(=O)NC1C(O[C@H]2OC(CO)[C@H](O)[C@H](O)C2O[C@@H]2OC(C)[C@H](O)[C@H](O)C2O)[C@H](O)[C@H](CO)C[C@@H]1O[C@@H]1C(O)[C@H](OCCCCCC(=O)NN)OC(C)[C@@H]1O. The lowest BCUT2D eigenvalue weighted by atomic mass is 9.79. The van der Waals surface area contributed by atoms with E-state index in [4.69, 9.17) is 39.0 Å². The number of amides is 2. The number of carbonyl (C=O) groups excluding carboxylic acids is 2. The summed E-state index contributed by atoms with van der Waals surface area (Å²) in [6.07, 6.45) is -25.8. The van der Waals surface area contributed by atoms with E-state index < -0.39 is 142 Å². The first kappa shape index (κ1) is 45.9. The highest BCUT2D eigenvalue weighted by Gasteiger charge is 2.55. The van der Waals surface area contributed by atoms with Gasteiger partial charge in [0.2, 0.25) is 11.8 Å². The van der Waals surface area contributed by atoms with Crippen LogP contribution in [0.3, 0.4) is 0 Å². The maximum Gasteiger partial charge on any atom is 0.233 e. The average molecular weight is 802 g/mol. The molecule has 22 nitrogen and oxygen atoms in total. The lowest BCUT2D eigenvalue weighted by molar-refractivity contribution is -0.375. The first-order valence-electron chi connectivity index (χ1n) is 18.5. The standard InChI is InChI=1S/C33H59N3O19/c1-12-20(41)24(45)26(47)32(51-12)55-30-25(46)23(44)17(11-38)53-33(30)54-28-19(35-14(3)39)16(9-15(10-37)22(28)43)52-29-21(42)13(2)50-31(27(29)48)49-8-6-4-5-7-18(40)36-34/h12-13,15-17,19-33,37-38,41-48H,4-11,34H2,1-3H3,(H,35,39)(H,36,40)/t12?,13?,15-,16-,17?,19?,20-,21-,22+,23-,24-,25-,26?,27?,28?,29-,30?,31+,32-,33+/m0/s1. The molecule has 20 atom stereocenters. The quantitative estimate of drug-likeness (QED) is 0.0299. The Hall–Kier alpha value is -1.78. The van der Waals surface area contributed by atoms with Crippen molar-refractivity contribution in [1.29, 1.82) is 0 Å². The number of ether oxygens (including phenoxy) is 7. The lowest BCUT2D eigenvalue weighted by Gasteiger charge is -2.50. The van der Waals surface area contributed by atoms with E-state index in [0.29, 0.717) is 19.3 Å². The van der Waals surface area contributed by atoms with E-state index in [0.717, 1.165) is 0 Å². The molecule has 320 valence electrons. The summed E-state index contributed by atoms with van der Waals surface area (Å²) >= 11 is 0. The van der Waals surface area contributed by atoms with Crippen LogP contribution in [0.15, 0.2) is 0 Å². The summed E-state index contributed by atoms with van der Waals surface area (Å²) in [5.74, 6) is 3.14. The number of hydrogen-bond donors (Lipinski definition) is 13. The summed E-state index contributed by atoms with van der Waals surface area (Å²) in [6.45, 7) is 2.74. The zero-order valence-corrected chi connectivity index (χ0v) is 30.9. The fourth-order valence-electron chi connectivity index (χ4n) is 7.25. The van der Waals surface area contributed by atoms with Crippen molar-refractivity contribution < 1.29 is 93.8 Å². The minimum Gasteiger partial charge on any atom is -0.396 e. The number of aliphatic hydroxyl groups is 10. The summed E-state index contributed by atoms with van der Waals surface area (Å²) in [4.78, 5) is 24.0. The Kier molecular flexibility index (Phi) is 17.3. The van der Waals surface area contributed by atoms with Crippen molar-refractivity contribution in [3.05, 3.63) is 0 Å². The molecule has 3 aliphatic heterocycles. The summed E-state index contributed by atoms with van der Waals surface area (Å²) in [5, 5.41) is 110. The number of aliphatic hydroxyl groups excluding tert-OH is 10. The first-order chi connectivity index (χ1) is 26.0. The number of rotatable bonds is 16. The summed E-state index contributed by atoms with van der Waals surface area (Å²) in [6, 6.07) is -1.31. The van der Waals surface area contributed by atoms with Gasteiger partial charge in [-0.1, -0.05) is 6.42 Å². The third-order valence-corrected chi connectivity index (χ3v) is 10.5. The van der Waals surface area contributed by atoms with E-state index in [9.17, 15) is 60.7 Å². The van der Waals surface area contributed by atoms with Gasteiger partial charge in [0.05, 0.1) is 37.1 Å². The molecule has 0 aromatic heterocycles. The Morgan fingerprint density at radius 3 is 1.96 bits per heavy atom. The Labute approximate surface area is 317 Å². The van der Waals surface area contributed by atoms with Crippen LogP contribution in [0.4, 0.5) is 0 Å². The smallest absolute Gasteiger partial charge is 0.233 e. The van der Waals surface area contributed by atoms with E-state index in [2.05, 4.69) is 5.32 Å². The first-order valence-corrected chi connectivity index (χ1v) is 18.5. The highest BCUT2D eigenvalue weighted by molar-refractivity contribution is 5.75. The van der Waals surface area contributed by atoms with Gasteiger partial charge in [0.15, 0.2) is 18.9 Å². The summed E-state index contributed by atoms with van der Waals surface area (Å²) in [7, 11) is 0. The van der Waals surface area contributed by atoms with E-state index in [1.54, 1.807) is 0 Å². The van der Waals surface area contributed by atoms with Crippen molar-refractivity contribution in [2.24, 2.45) is 11.8 Å². The van der Waals surface area contributed by atoms with Gasteiger partial charge in [0.25, 0.3) is 0 Å². The normalized spacial score (nSPS) is 45.2. The molecule has 0 bridgehead atoms. The van der Waals surface area contributed by atoms with Crippen LogP contribution < -0.4 is 16.6 Å². The molecule has 3 saturated heterocycles. The average Bonchev–Trinajstić information content (AvgIpc) is 3.15. The van der Waals surface area contributed by atoms with Gasteiger partial charge in [-0.3, -0.25) is 15.0 Å². The Morgan fingerprint density at radius 2 is 1.33 bits per heavy atom. The molecular weight excluding hydrogens is 742 g/mol. The molecule has 1 saturated carbocycles. The second kappa shape index (κ2) is 20.8. The van der Waals surface area contributed by atoms with Crippen molar-refractivity contribution in [2.45, 2.75) is 169 Å². The van der Waals surface area contributed by atoms with Crippen LogP contribution in [0.1, 0.15) is 52.9 Å². The van der Waals surface area contributed by atoms with Crippen LogP contribution in [0.2, 0.25) is 0 Å². The number of unbranched alkanes of at least 4 members (excludes halogenated alkanes) is 2. The Morgan fingerprint density at radius 1 is 0.673 bits per heavy atom. The molecule has 4 rings (SSSR count). The zero-order valence-electron chi connectivity index (χ0n) is 30.9. The summed E-state index contributed by atoms with van der Waals surface area (Å²) < 4.78 is 41.0. The molecular formula is C33H59N3O19. The Balaban J connectivity index is 1.56. The van der Waals surface area contributed by atoms with Gasteiger partial charge in [0.1, 0.15) is 67.1 Å². The van der Waals surface area contributed by atoms with Crippen LogP contribution in [0, 0.1) is 5.92 Å². The van der Waals surface area contributed by atoms with Crippen molar-refractivity contribution in [3.8, 4) is 0 Å². The van der Waals surface area contributed by atoms with Crippen LogP contribution in [0.5, 0.6) is 0 Å². The molecule has 8 unspecified atom stereocenters. The maximum absolute atomic E-state index is 12.6. The highest BCUT2D eigenvalue weighted by atomic mass is 16.8. The molecule has 55 heavy (non-hydrogen) atoms. The third kappa shape index (κ3) is 11.0. The van der Waals surface area contributed by atoms with Gasteiger partial charge >= 0.3 is 0 Å². The van der Waals surface area contributed by atoms with Crippen molar-refractivity contribution >= 4 is 11.8 Å². The molecule has 0 aromatic carbocycles. The van der Waals surface area contributed by atoms with Crippen molar-refractivity contribution in [2.75, 3.05) is 19.8 Å². The highest BCUT2D eigenvalue weighted by Crippen LogP contribution is 2.37. The van der Waals surface area contributed by atoms with E-state index in [-0.39, 0.29) is 25.4 Å². The molecule has 0 spiro atoms. The zero-order chi connectivity index (χ0) is 40.7. The lowest BCUT2D eigenvalue weighted by Crippen LogP contribution is -2.68. The predicted octanol–water partition coefficient (Wildman–Crippen LogP) is -6.31. The summed E-state index contributed by atoms with van der Waals surface area (Å²) in [5.41, 5.74) is 2.05. The molecule has 14 N–H and O–H groups in total. The molecule has 1 aliphatic carbocycles. The third-order valence-electron chi connectivity index (χ3n) is 10.5.